The Morgan fingerprint density at radius 2 is 1.96 bits per heavy atom. The van der Waals surface area contributed by atoms with E-state index < -0.39 is 22.6 Å². The van der Waals surface area contributed by atoms with Crippen LogP contribution < -0.4 is 5.32 Å². The Balaban J connectivity index is 1.68. The van der Waals surface area contributed by atoms with Crippen LogP contribution in [0.3, 0.4) is 0 Å². The van der Waals surface area contributed by atoms with E-state index in [0.717, 1.165) is 10.0 Å². The summed E-state index contributed by atoms with van der Waals surface area (Å²) in [5.74, 6) is 1.93. The van der Waals surface area contributed by atoms with Crippen LogP contribution in [0.15, 0.2) is 39.0 Å². The van der Waals surface area contributed by atoms with Crippen LogP contribution >= 0.6 is 15.9 Å². The second-order valence-corrected chi connectivity index (χ2v) is 8.26. The van der Waals surface area contributed by atoms with Crippen molar-refractivity contribution in [1.29, 1.82) is 0 Å². The minimum atomic E-state index is -1.05. The van der Waals surface area contributed by atoms with Crippen molar-refractivity contribution in [3.8, 4) is 12.3 Å². The number of amides is 1. The average Bonchev–Trinajstić information content (AvgIpc) is 3.55. The van der Waals surface area contributed by atoms with Gasteiger partial charge in [0.05, 0.1) is 7.11 Å². The molecule has 0 radical (unpaired) electrons. The van der Waals surface area contributed by atoms with E-state index in [0.29, 0.717) is 25.7 Å². The number of halogens is 1. The number of hydrogen-bond acceptors (Lipinski definition) is 5. The minimum absolute atomic E-state index is 0.210. The van der Waals surface area contributed by atoms with Crippen LogP contribution in [-0.4, -0.2) is 30.2 Å². The zero-order valence-electron chi connectivity index (χ0n) is 15.4. The van der Waals surface area contributed by atoms with Gasteiger partial charge in [0.15, 0.2) is 5.66 Å². The molecule has 27 heavy (non-hydrogen) atoms. The first-order valence-corrected chi connectivity index (χ1v) is 9.63. The third-order valence-electron chi connectivity index (χ3n) is 5.61. The third-order valence-corrected chi connectivity index (χ3v) is 6.14. The van der Waals surface area contributed by atoms with Crippen molar-refractivity contribution in [2.45, 2.75) is 55.6 Å². The van der Waals surface area contributed by atoms with Gasteiger partial charge < -0.3 is 10.1 Å². The number of nitrogens with one attached hydrogen (secondary N) is 1. The molecule has 0 bridgehead atoms. The summed E-state index contributed by atoms with van der Waals surface area (Å²) >= 11 is 3.42. The quantitative estimate of drug-likeness (QED) is 0.505. The normalized spacial score (nSPS) is 26.7. The van der Waals surface area contributed by atoms with Crippen LogP contribution in [0.4, 0.5) is 0 Å². The molecule has 1 aliphatic carbocycles. The monoisotopic (exact) mass is 431 g/mol. The number of benzene rings is 1. The molecule has 0 aromatic heterocycles. The lowest BCUT2D eigenvalue weighted by molar-refractivity contribution is -0.147. The molecule has 0 spiro atoms. The van der Waals surface area contributed by atoms with Crippen LogP contribution in [0, 0.1) is 12.3 Å². The lowest BCUT2D eigenvalue weighted by atomic mass is 9.92. The first-order valence-electron chi connectivity index (χ1n) is 8.84. The van der Waals surface area contributed by atoms with Gasteiger partial charge in [-0.05, 0) is 24.1 Å². The van der Waals surface area contributed by atoms with Gasteiger partial charge in [-0.2, -0.15) is 10.2 Å². The van der Waals surface area contributed by atoms with Gasteiger partial charge in [0.1, 0.15) is 5.54 Å². The second-order valence-electron chi connectivity index (χ2n) is 7.35. The maximum atomic E-state index is 12.6. The molecular weight excluding hydrogens is 410 g/mol. The zero-order valence-corrected chi connectivity index (χ0v) is 17.0. The van der Waals surface area contributed by atoms with Crippen LogP contribution in [0.25, 0.3) is 0 Å². The Labute approximate surface area is 167 Å². The first-order chi connectivity index (χ1) is 12.8. The SMILES string of the molecule is C#CCCC1(CCC(=O)NC2(C(=O)OC)CC2(C)c2ccc(Br)cc2)N=N1. The Bertz CT molecular complexity index is 824. The fourth-order valence-electron chi connectivity index (χ4n) is 3.64. The van der Waals surface area contributed by atoms with Gasteiger partial charge >= 0.3 is 5.97 Å². The number of carbonyl (C=O) groups excluding carboxylic acids is 2. The Hall–Kier alpha value is -2.20. The van der Waals surface area contributed by atoms with Crippen molar-refractivity contribution < 1.29 is 14.3 Å². The van der Waals surface area contributed by atoms with E-state index in [1.165, 1.54) is 7.11 Å². The van der Waals surface area contributed by atoms with Gasteiger partial charge in [0, 0.05) is 35.6 Å². The number of methoxy groups -OCH3 is 1. The van der Waals surface area contributed by atoms with Crippen molar-refractivity contribution >= 4 is 27.8 Å². The summed E-state index contributed by atoms with van der Waals surface area (Å²) in [6.45, 7) is 1.97. The molecule has 1 N–H and O–H groups in total. The van der Waals surface area contributed by atoms with Crippen molar-refractivity contribution in [2.75, 3.05) is 7.11 Å². The molecule has 7 heteroatoms. The lowest BCUT2D eigenvalue weighted by Gasteiger charge is -2.23. The van der Waals surface area contributed by atoms with E-state index in [9.17, 15) is 9.59 Å². The smallest absolute Gasteiger partial charge is 0.332 e. The molecule has 0 saturated heterocycles. The fourth-order valence-corrected chi connectivity index (χ4v) is 3.90. The molecule has 142 valence electrons. The topological polar surface area (TPSA) is 80.1 Å². The van der Waals surface area contributed by atoms with Crippen molar-refractivity contribution in [3.05, 3.63) is 34.3 Å². The van der Waals surface area contributed by atoms with Gasteiger partial charge in [-0.1, -0.05) is 35.0 Å². The molecule has 2 atom stereocenters. The molecule has 6 nitrogen and oxygen atoms in total. The van der Waals surface area contributed by atoms with Gasteiger partial charge in [0.25, 0.3) is 0 Å². The summed E-state index contributed by atoms with van der Waals surface area (Å²) in [6.07, 6.45) is 7.73. The van der Waals surface area contributed by atoms with Crippen LogP contribution in [0.5, 0.6) is 0 Å². The average molecular weight is 432 g/mol. The second kappa shape index (κ2) is 7.08. The summed E-state index contributed by atoms with van der Waals surface area (Å²) in [6, 6.07) is 7.76. The van der Waals surface area contributed by atoms with Crippen LogP contribution in [0.2, 0.25) is 0 Å². The van der Waals surface area contributed by atoms with Gasteiger partial charge in [-0.15, -0.1) is 12.3 Å². The van der Waals surface area contributed by atoms with E-state index in [2.05, 4.69) is 37.4 Å². The zero-order chi connectivity index (χ0) is 19.7. The maximum Gasteiger partial charge on any atom is 0.332 e. The summed E-state index contributed by atoms with van der Waals surface area (Å²) in [5, 5.41) is 11.0. The molecule has 1 heterocycles. The molecule has 2 aliphatic rings. The lowest BCUT2D eigenvalue weighted by Crippen LogP contribution is -2.49. The van der Waals surface area contributed by atoms with Crippen molar-refractivity contribution in [1.82, 2.24) is 5.32 Å². The van der Waals surface area contributed by atoms with E-state index in [1.807, 2.05) is 31.2 Å². The molecule has 1 saturated carbocycles. The fraction of sp³-hybridized carbons (Fsp3) is 0.500. The highest BCUT2D eigenvalue weighted by atomic mass is 79.9. The minimum Gasteiger partial charge on any atom is -0.467 e. The number of rotatable bonds is 8. The van der Waals surface area contributed by atoms with E-state index in [-0.39, 0.29) is 12.3 Å². The van der Waals surface area contributed by atoms with E-state index in [1.54, 1.807) is 0 Å². The number of carbonyl (C=O) groups is 2. The molecule has 3 rings (SSSR count). The molecule has 1 aromatic rings. The summed E-state index contributed by atoms with van der Waals surface area (Å²) < 4.78 is 5.96. The van der Waals surface area contributed by atoms with Crippen molar-refractivity contribution in [3.63, 3.8) is 0 Å². The van der Waals surface area contributed by atoms with Gasteiger partial charge in [-0.25, -0.2) is 4.79 Å². The maximum absolute atomic E-state index is 12.6. The number of esters is 1. The predicted molar refractivity (Wildman–Crippen MR) is 104 cm³/mol. The van der Waals surface area contributed by atoms with Gasteiger partial charge in [0.2, 0.25) is 5.91 Å². The van der Waals surface area contributed by atoms with Gasteiger partial charge in [-0.3, -0.25) is 4.79 Å². The number of ether oxygens (including phenoxy) is 1. The first kappa shape index (κ1) is 19.6. The highest BCUT2D eigenvalue weighted by Crippen LogP contribution is 2.58. The number of terminal acetylenes is 1. The summed E-state index contributed by atoms with van der Waals surface area (Å²) in [5.41, 5.74) is -1.09. The standard InChI is InChI=1S/C20H22BrN3O3/c1-4-5-11-19(23-24-19)12-10-16(25)22-20(17(26)27-3)13-18(20,2)14-6-8-15(21)9-7-14/h1,6-9H,5,10-13H2,2-3H3,(H,22,25). The number of hydrogen-bond donors (Lipinski definition) is 1. The number of nitrogens with zero attached hydrogens (tertiary/aromatic N) is 2. The van der Waals surface area contributed by atoms with Crippen molar-refractivity contribution in [2.24, 2.45) is 10.2 Å². The largest absolute Gasteiger partial charge is 0.467 e. The molecule has 1 fully saturated rings. The summed E-state index contributed by atoms with van der Waals surface area (Å²) in [4.78, 5) is 25.1. The van der Waals surface area contributed by atoms with Crippen LogP contribution in [-0.2, 0) is 19.7 Å². The third kappa shape index (κ3) is 3.63. The predicted octanol–water partition coefficient (Wildman–Crippen LogP) is 3.49. The molecule has 2 unspecified atom stereocenters. The van der Waals surface area contributed by atoms with E-state index in [4.69, 9.17) is 11.2 Å². The van der Waals surface area contributed by atoms with E-state index >= 15 is 0 Å². The molecule has 1 amide bonds. The highest BCUT2D eigenvalue weighted by Gasteiger charge is 2.72. The Morgan fingerprint density at radius 1 is 1.30 bits per heavy atom. The summed E-state index contributed by atoms with van der Waals surface area (Å²) in [7, 11) is 1.34. The highest BCUT2D eigenvalue weighted by molar-refractivity contribution is 9.10. The molecule has 1 aliphatic heterocycles. The molecular formula is C20H22BrN3O3. The molecule has 1 aromatic carbocycles. The Kier molecular flexibility index (Phi) is 5.13. The van der Waals surface area contributed by atoms with Crippen LogP contribution in [0.1, 0.15) is 44.6 Å². The Morgan fingerprint density at radius 3 is 2.52 bits per heavy atom.